The first-order valence-corrected chi connectivity index (χ1v) is 8.83. The molecule has 2 aliphatic heterocycles. The molecule has 1 aromatic carbocycles. The van der Waals surface area contributed by atoms with Crippen molar-refractivity contribution in [3.05, 3.63) is 35.4 Å². The van der Waals surface area contributed by atoms with Crippen LogP contribution in [0, 0.1) is 0 Å². The van der Waals surface area contributed by atoms with Crippen LogP contribution in [-0.2, 0) is 27.4 Å². The third-order valence-electron chi connectivity index (χ3n) is 4.08. The summed E-state index contributed by atoms with van der Waals surface area (Å²) in [5.41, 5.74) is 2.49. The number of hydrogen-bond acceptors (Lipinski definition) is 5. The minimum absolute atomic E-state index is 0.0183. The van der Waals surface area contributed by atoms with Crippen LogP contribution in [0.4, 0.5) is 0 Å². The van der Waals surface area contributed by atoms with Crippen LogP contribution in [0.15, 0.2) is 24.3 Å². The van der Waals surface area contributed by atoms with E-state index in [4.69, 9.17) is 17.0 Å². The molecule has 1 atom stereocenters. The van der Waals surface area contributed by atoms with E-state index in [-0.39, 0.29) is 24.5 Å². The van der Waals surface area contributed by atoms with Crippen molar-refractivity contribution < 1.29 is 14.3 Å². The molecule has 2 heterocycles. The van der Waals surface area contributed by atoms with Crippen molar-refractivity contribution in [1.29, 1.82) is 0 Å². The Morgan fingerprint density at radius 2 is 2.17 bits per heavy atom. The van der Waals surface area contributed by atoms with Crippen LogP contribution in [0.2, 0.25) is 0 Å². The summed E-state index contributed by atoms with van der Waals surface area (Å²) in [5.74, 6) is 0.119. The van der Waals surface area contributed by atoms with Gasteiger partial charge in [0.1, 0.15) is 10.9 Å². The summed E-state index contributed by atoms with van der Waals surface area (Å²) in [6, 6.07) is 8.20. The molecule has 2 aliphatic rings. The smallest absolute Gasteiger partial charge is 0.242 e. The largest absolute Gasteiger partial charge is 0.371 e. The Morgan fingerprint density at radius 1 is 1.43 bits per heavy atom. The first-order chi connectivity index (χ1) is 11.0. The molecule has 1 unspecified atom stereocenters. The van der Waals surface area contributed by atoms with E-state index in [0.717, 1.165) is 6.42 Å². The maximum absolute atomic E-state index is 12.3. The molecule has 0 spiro atoms. The molecule has 122 valence electrons. The predicted molar refractivity (Wildman–Crippen MR) is 93.1 cm³/mol. The van der Waals surface area contributed by atoms with Crippen LogP contribution >= 0.6 is 24.0 Å². The second kappa shape index (κ2) is 6.98. The van der Waals surface area contributed by atoms with Gasteiger partial charge < -0.3 is 9.64 Å². The van der Waals surface area contributed by atoms with Crippen LogP contribution in [0.25, 0.3) is 0 Å². The van der Waals surface area contributed by atoms with E-state index >= 15 is 0 Å². The van der Waals surface area contributed by atoms with Gasteiger partial charge in [-0.1, -0.05) is 48.2 Å². The van der Waals surface area contributed by atoms with Crippen molar-refractivity contribution >= 4 is 40.1 Å². The van der Waals surface area contributed by atoms with Crippen molar-refractivity contribution in [2.75, 3.05) is 25.9 Å². The van der Waals surface area contributed by atoms with Crippen LogP contribution in [0.1, 0.15) is 11.1 Å². The monoisotopic (exact) mass is 350 g/mol. The minimum Gasteiger partial charge on any atom is -0.371 e. The molecule has 1 saturated heterocycles. The van der Waals surface area contributed by atoms with Gasteiger partial charge in [-0.2, -0.15) is 0 Å². The van der Waals surface area contributed by atoms with E-state index in [2.05, 4.69) is 12.1 Å². The fraction of sp³-hybridized carbons (Fsp3) is 0.438. The number of nitrogens with zero attached hydrogens (tertiary/aromatic N) is 2. The van der Waals surface area contributed by atoms with Crippen molar-refractivity contribution in [3.8, 4) is 0 Å². The highest BCUT2D eigenvalue weighted by molar-refractivity contribution is 8.23. The van der Waals surface area contributed by atoms with E-state index in [1.165, 1.54) is 27.8 Å². The minimum atomic E-state index is -0.120. The zero-order valence-corrected chi connectivity index (χ0v) is 14.5. The summed E-state index contributed by atoms with van der Waals surface area (Å²) >= 11 is 6.41. The number of carbonyl (C=O) groups is 2. The molecule has 3 rings (SSSR count). The lowest BCUT2D eigenvalue weighted by Gasteiger charge is -2.29. The van der Waals surface area contributed by atoms with Gasteiger partial charge in [0.2, 0.25) is 11.8 Å². The van der Waals surface area contributed by atoms with Gasteiger partial charge in [0.05, 0.1) is 18.5 Å². The van der Waals surface area contributed by atoms with Crippen molar-refractivity contribution in [2.24, 2.45) is 0 Å². The highest BCUT2D eigenvalue weighted by atomic mass is 32.2. The Bertz CT molecular complexity index is 634. The van der Waals surface area contributed by atoms with Crippen molar-refractivity contribution in [2.45, 2.75) is 19.1 Å². The standard InChI is InChI=1S/C16H18N2O3S2/c1-17(14(19)8-18-15(20)10-23-16(18)22)7-13-6-11-4-2-3-5-12(11)9-21-13/h2-5,13H,6-10H2,1H3. The number of likely N-dealkylation sites (N-methyl/N-ethyl adjacent to an activating group) is 1. The Labute approximate surface area is 145 Å². The number of carbonyl (C=O) groups excluding carboxylic acids is 2. The lowest BCUT2D eigenvalue weighted by Crippen LogP contribution is -2.44. The quantitative estimate of drug-likeness (QED) is 0.769. The maximum Gasteiger partial charge on any atom is 0.242 e. The molecule has 0 bridgehead atoms. The van der Waals surface area contributed by atoms with Crippen LogP contribution in [0.3, 0.4) is 0 Å². The molecule has 0 aliphatic carbocycles. The van der Waals surface area contributed by atoms with Gasteiger partial charge in [0, 0.05) is 20.0 Å². The second-order valence-electron chi connectivity index (χ2n) is 5.71. The van der Waals surface area contributed by atoms with Crippen LogP contribution in [0.5, 0.6) is 0 Å². The molecule has 0 aromatic heterocycles. The fourth-order valence-corrected chi connectivity index (χ4v) is 3.79. The van der Waals surface area contributed by atoms with E-state index < -0.39 is 0 Å². The Balaban J connectivity index is 1.55. The zero-order valence-electron chi connectivity index (χ0n) is 12.9. The Morgan fingerprint density at radius 3 is 2.87 bits per heavy atom. The lowest BCUT2D eigenvalue weighted by atomic mass is 9.99. The molecule has 0 saturated carbocycles. The van der Waals surface area contributed by atoms with Gasteiger partial charge in [0.25, 0.3) is 0 Å². The molecule has 0 N–H and O–H groups in total. The van der Waals surface area contributed by atoms with Gasteiger partial charge in [-0.3, -0.25) is 14.5 Å². The summed E-state index contributed by atoms with van der Waals surface area (Å²) in [5, 5.41) is 0. The summed E-state index contributed by atoms with van der Waals surface area (Å²) in [6.07, 6.45) is 0.777. The predicted octanol–water partition coefficient (Wildman–Crippen LogP) is 1.45. The molecule has 7 heteroatoms. The maximum atomic E-state index is 12.3. The number of thioether (sulfide) groups is 1. The number of amides is 2. The zero-order chi connectivity index (χ0) is 16.4. The molecular formula is C16H18N2O3S2. The van der Waals surface area contributed by atoms with Gasteiger partial charge >= 0.3 is 0 Å². The number of thiocarbonyl (C=S) groups is 1. The van der Waals surface area contributed by atoms with E-state index in [9.17, 15) is 9.59 Å². The number of benzene rings is 1. The Kier molecular flexibility index (Phi) is 4.99. The highest BCUT2D eigenvalue weighted by Crippen LogP contribution is 2.21. The van der Waals surface area contributed by atoms with Crippen LogP contribution < -0.4 is 0 Å². The van der Waals surface area contributed by atoms with Gasteiger partial charge in [-0.25, -0.2) is 0 Å². The fourth-order valence-electron chi connectivity index (χ4n) is 2.72. The van der Waals surface area contributed by atoms with Gasteiger partial charge in [0.15, 0.2) is 0 Å². The first-order valence-electron chi connectivity index (χ1n) is 7.44. The SMILES string of the molecule is CN(CC1Cc2ccccc2CO1)C(=O)CN1C(=O)CSC1=S. The van der Waals surface area contributed by atoms with E-state index in [0.29, 0.717) is 23.2 Å². The number of ether oxygens (including phenoxy) is 1. The summed E-state index contributed by atoms with van der Waals surface area (Å²) < 4.78 is 6.32. The topological polar surface area (TPSA) is 49.9 Å². The van der Waals surface area contributed by atoms with Crippen LogP contribution in [-0.4, -0.2) is 57.9 Å². The molecule has 1 aromatic rings. The third kappa shape index (κ3) is 3.73. The number of rotatable bonds is 4. The average Bonchev–Trinajstić information content (AvgIpc) is 2.86. The van der Waals surface area contributed by atoms with Crippen molar-refractivity contribution in [3.63, 3.8) is 0 Å². The normalized spacial score (nSPS) is 20.6. The molecule has 2 amide bonds. The Hall–Kier alpha value is -1.44. The molecule has 5 nitrogen and oxygen atoms in total. The summed E-state index contributed by atoms with van der Waals surface area (Å²) in [4.78, 5) is 27.0. The number of fused-ring (bicyclic) bond motifs is 1. The molecule has 1 fully saturated rings. The highest BCUT2D eigenvalue weighted by Gasteiger charge is 2.30. The summed E-state index contributed by atoms with van der Waals surface area (Å²) in [7, 11) is 1.74. The van der Waals surface area contributed by atoms with Gasteiger partial charge in [-0.15, -0.1) is 0 Å². The lowest BCUT2D eigenvalue weighted by molar-refractivity contribution is -0.136. The molecular weight excluding hydrogens is 332 g/mol. The summed E-state index contributed by atoms with van der Waals surface area (Å²) in [6.45, 7) is 1.10. The number of hydrogen-bond donors (Lipinski definition) is 0. The van der Waals surface area contributed by atoms with Gasteiger partial charge in [-0.05, 0) is 11.1 Å². The third-order valence-corrected chi connectivity index (χ3v) is 5.51. The first kappa shape index (κ1) is 16.4. The molecule has 23 heavy (non-hydrogen) atoms. The van der Waals surface area contributed by atoms with Crippen molar-refractivity contribution in [1.82, 2.24) is 9.80 Å². The van der Waals surface area contributed by atoms with E-state index in [1.54, 1.807) is 11.9 Å². The van der Waals surface area contributed by atoms with E-state index in [1.807, 2.05) is 12.1 Å². The average molecular weight is 350 g/mol. The second-order valence-corrected chi connectivity index (χ2v) is 7.32. The molecule has 0 radical (unpaired) electrons.